The first-order valence-corrected chi connectivity index (χ1v) is 7.56. The smallest absolute Gasteiger partial charge is 0.239 e. The number of ether oxygens (including phenoxy) is 1. The fraction of sp³-hybridized carbons (Fsp3) is 0.211. The summed E-state index contributed by atoms with van der Waals surface area (Å²) in [5.74, 6) is 0.0854. The molecule has 2 N–H and O–H groups in total. The van der Waals surface area contributed by atoms with Gasteiger partial charge in [0.25, 0.3) is 0 Å². The normalized spacial score (nSPS) is 10.2. The minimum Gasteiger partial charge on any atom is -0.380 e. The van der Waals surface area contributed by atoms with E-state index in [0.717, 1.165) is 23.3 Å². The second-order valence-corrected chi connectivity index (χ2v) is 5.34. The van der Waals surface area contributed by atoms with Gasteiger partial charge in [0, 0.05) is 19.2 Å². The molecule has 0 unspecified atom stereocenters. The number of amides is 1. The summed E-state index contributed by atoms with van der Waals surface area (Å²) in [6.07, 6.45) is 5.11. The van der Waals surface area contributed by atoms with E-state index in [1.54, 1.807) is 7.11 Å². The fourth-order valence-corrected chi connectivity index (χ4v) is 2.25. The highest BCUT2D eigenvalue weighted by molar-refractivity contribution is 5.80. The molecule has 0 aliphatic heterocycles. The second kappa shape index (κ2) is 8.81. The summed E-state index contributed by atoms with van der Waals surface area (Å²) in [6, 6.07) is 9.63. The van der Waals surface area contributed by atoms with Crippen LogP contribution in [0, 0.1) is 24.0 Å². The van der Waals surface area contributed by atoms with Gasteiger partial charge in [-0.25, -0.2) is 8.78 Å². The van der Waals surface area contributed by atoms with Crippen molar-refractivity contribution in [1.29, 1.82) is 0 Å². The second-order valence-electron chi connectivity index (χ2n) is 5.34. The van der Waals surface area contributed by atoms with Crippen LogP contribution < -0.4 is 10.6 Å². The number of carbonyl (C=O) groups is 1. The number of rotatable bonds is 7. The van der Waals surface area contributed by atoms with Crippen LogP contribution in [0.3, 0.4) is 0 Å². The van der Waals surface area contributed by atoms with E-state index in [2.05, 4.69) is 16.6 Å². The van der Waals surface area contributed by atoms with Gasteiger partial charge in [-0.05, 0) is 23.3 Å². The molecule has 0 spiro atoms. The number of terminal acetylenes is 1. The zero-order valence-electron chi connectivity index (χ0n) is 13.7. The Balaban J connectivity index is 1.89. The van der Waals surface area contributed by atoms with E-state index in [9.17, 15) is 13.6 Å². The van der Waals surface area contributed by atoms with Crippen molar-refractivity contribution in [3.63, 3.8) is 0 Å². The molecule has 0 saturated carbocycles. The first kappa shape index (κ1) is 18.4. The third-order valence-corrected chi connectivity index (χ3v) is 3.43. The number of nitrogens with one attached hydrogen (secondary N) is 2. The Hall–Kier alpha value is -2.91. The number of halogens is 2. The Morgan fingerprint density at radius 1 is 1.20 bits per heavy atom. The molecule has 130 valence electrons. The number of anilines is 1. The van der Waals surface area contributed by atoms with Gasteiger partial charge in [-0.3, -0.25) is 4.79 Å². The van der Waals surface area contributed by atoms with Gasteiger partial charge in [0.1, 0.15) is 5.69 Å². The van der Waals surface area contributed by atoms with Gasteiger partial charge in [0.15, 0.2) is 11.6 Å². The van der Waals surface area contributed by atoms with E-state index in [1.165, 1.54) is 0 Å². The molecule has 2 aromatic carbocycles. The van der Waals surface area contributed by atoms with E-state index in [-0.39, 0.29) is 17.8 Å². The Morgan fingerprint density at radius 3 is 2.52 bits per heavy atom. The molecule has 6 heteroatoms. The number of carbonyl (C=O) groups excluding carboxylic acids is 1. The molecule has 1 amide bonds. The van der Waals surface area contributed by atoms with Crippen LogP contribution in [-0.2, 0) is 22.7 Å². The molecule has 2 rings (SSSR count). The van der Waals surface area contributed by atoms with E-state index in [1.807, 2.05) is 24.3 Å². The fourth-order valence-electron chi connectivity index (χ4n) is 2.25. The molecule has 25 heavy (non-hydrogen) atoms. The number of benzene rings is 2. The standard InChI is InChI=1S/C19H18F2N2O2/c1-3-13-8-16(20)19(17(21)9-13)23-11-18(24)22-10-14-5-4-6-15(7-14)12-25-2/h1,4-9,23H,10-12H2,2H3,(H,22,24). The van der Waals surface area contributed by atoms with Crippen molar-refractivity contribution in [1.82, 2.24) is 5.32 Å². The number of methoxy groups -OCH3 is 1. The Kier molecular flexibility index (Phi) is 6.49. The monoisotopic (exact) mass is 344 g/mol. The van der Waals surface area contributed by atoms with Crippen LogP contribution in [0.4, 0.5) is 14.5 Å². The lowest BCUT2D eigenvalue weighted by Crippen LogP contribution is -2.29. The largest absolute Gasteiger partial charge is 0.380 e. The molecule has 0 saturated heterocycles. The summed E-state index contributed by atoms with van der Waals surface area (Å²) >= 11 is 0. The van der Waals surface area contributed by atoms with E-state index < -0.39 is 17.5 Å². The quantitative estimate of drug-likeness (QED) is 0.760. The third-order valence-electron chi connectivity index (χ3n) is 3.43. The molecule has 0 aliphatic rings. The predicted molar refractivity (Wildman–Crippen MR) is 91.8 cm³/mol. The topological polar surface area (TPSA) is 50.4 Å². The highest BCUT2D eigenvalue weighted by atomic mass is 19.1. The van der Waals surface area contributed by atoms with Crippen molar-refractivity contribution in [3.05, 3.63) is 64.7 Å². The van der Waals surface area contributed by atoms with Crippen LogP contribution in [0.15, 0.2) is 36.4 Å². The Labute approximate surface area is 145 Å². The van der Waals surface area contributed by atoms with Crippen molar-refractivity contribution in [2.24, 2.45) is 0 Å². The molecule has 0 bridgehead atoms. The molecule has 0 radical (unpaired) electrons. The van der Waals surface area contributed by atoms with Gasteiger partial charge in [-0.2, -0.15) is 0 Å². The van der Waals surface area contributed by atoms with Crippen molar-refractivity contribution >= 4 is 11.6 Å². The Bertz CT molecular complexity index is 777. The molecule has 0 aromatic heterocycles. The molecule has 0 aliphatic carbocycles. The van der Waals surface area contributed by atoms with E-state index in [4.69, 9.17) is 11.2 Å². The van der Waals surface area contributed by atoms with Crippen LogP contribution >= 0.6 is 0 Å². The maximum Gasteiger partial charge on any atom is 0.239 e. The van der Waals surface area contributed by atoms with Crippen molar-refractivity contribution in [2.75, 3.05) is 19.0 Å². The lowest BCUT2D eigenvalue weighted by Gasteiger charge is -2.10. The van der Waals surface area contributed by atoms with Crippen LogP contribution in [0.25, 0.3) is 0 Å². The lowest BCUT2D eigenvalue weighted by atomic mass is 10.1. The molecular weight excluding hydrogens is 326 g/mol. The predicted octanol–water partition coefficient (Wildman–Crippen LogP) is 2.82. The average Bonchev–Trinajstić information content (AvgIpc) is 2.59. The summed E-state index contributed by atoms with van der Waals surface area (Å²) in [6.45, 7) is 0.523. The lowest BCUT2D eigenvalue weighted by molar-refractivity contribution is -0.119. The highest BCUT2D eigenvalue weighted by Crippen LogP contribution is 2.20. The SMILES string of the molecule is C#Cc1cc(F)c(NCC(=O)NCc2cccc(COC)c2)c(F)c1. The van der Waals surface area contributed by atoms with Crippen LogP contribution in [-0.4, -0.2) is 19.6 Å². The van der Waals surface area contributed by atoms with Gasteiger partial charge < -0.3 is 15.4 Å². The molecule has 0 fully saturated rings. The minimum atomic E-state index is -0.840. The highest BCUT2D eigenvalue weighted by Gasteiger charge is 2.12. The number of hydrogen-bond acceptors (Lipinski definition) is 3. The van der Waals surface area contributed by atoms with Crippen molar-refractivity contribution < 1.29 is 18.3 Å². The van der Waals surface area contributed by atoms with Crippen molar-refractivity contribution in [2.45, 2.75) is 13.2 Å². The molecule has 2 aromatic rings. The van der Waals surface area contributed by atoms with Gasteiger partial charge in [0.05, 0.1) is 13.2 Å². The molecule has 0 heterocycles. The molecule has 0 atom stereocenters. The van der Waals surface area contributed by atoms with Gasteiger partial charge in [-0.1, -0.05) is 30.2 Å². The van der Waals surface area contributed by atoms with Crippen LogP contribution in [0.5, 0.6) is 0 Å². The first-order valence-electron chi connectivity index (χ1n) is 7.56. The average molecular weight is 344 g/mol. The summed E-state index contributed by atoms with van der Waals surface area (Å²) in [7, 11) is 1.61. The van der Waals surface area contributed by atoms with E-state index >= 15 is 0 Å². The van der Waals surface area contributed by atoms with Gasteiger partial charge >= 0.3 is 0 Å². The molecule has 4 nitrogen and oxygen atoms in total. The minimum absolute atomic E-state index is 0.0981. The van der Waals surface area contributed by atoms with E-state index in [0.29, 0.717) is 13.2 Å². The van der Waals surface area contributed by atoms with Gasteiger partial charge in [-0.15, -0.1) is 6.42 Å². The Morgan fingerprint density at radius 2 is 1.88 bits per heavy atom. The summed E-state index contributed by atoms with van der Waals surface area (Å²) in [5.41, 5.74) is 1.61. The maximum absolute atomic E-state index is 13.8. The van der Waals surface area contributed by atoms with Crippen LogP contribution in [0.1, 0.15) is 16.7 Å². The van der Waals surface area contributed by atoms with Crippen LogP contribution in [0.2, 0.25) is 0 Å². The first-order chi connectivity index (χ1) is 12.0. The summed E-state index contributed by atoms with van der Waals surface area (Å²) in [5, 5.41) is 5.13. The third kappa shape index (κ3) is 5.30. The zero-order chi connectivity index (χ0) is 18.2. The summed E-state index contributed by atoms with van der Waals surface area (Å²) < 4.78 is 32.6. The molecular formula is C19H18F2N2O2. The number of hydrogen-bond donors (Lipinski definition) is 2. The zero-order valence-corrected chi connectivity index (χ0v) is 13.7. The maximum atomic E-state index is 13.8. The summed E-state index contributed by atoms with van der Waals surface area (Å²) in [4.78, 5) is 11.9. The van der Waals surface area contributed by atoms with Gasteiger partial charge in [0.2, 0.25) is 5.91 Å². The van der Waals surface area contributed by atoms with Crippen molar-refractivity contribution in [3.8, 4) is 12.3 Å².